The predicted molar refractivity (Wildman–Crippen MR) is 74.7 cm³/mol. The van der Waals surface area contributed by atoms with Crippen LogP contribution in [0.2, 0.25) is 5.02 Å². The van der Waals surface area contributed by atoms with Crippen molar-refractivity contribution < 1.29 is 9.18 Å². The van der Waals surface area contributed by atoms with Crippen molar-refractivity contribution in [2.75, 3.05) is 5.73 Å². The second-order valence-corrected chi connectivity index (χ2v) is 4.81. The van der Waals surface area contributed by atoms with Gasteiger partial charge in [0.1, 0.15) is 11.6 Å². The Morgan fingerprint density at radius 3 is 2.47 bits per heavy atom. The Bertz CT molecular complexity index is 596. The topological polar surface area (TPSA) is 43.1 Å². The molecule has 0 radical (unpaired) electrons. The highest BCUT2D eigenvalue weighted by Gasteiger charge is 2.09. The van der Waals surface area contributed by atoms with Gasteiger partial charge in [0.15, 0.2) is 0 Å². The van der Waals surface area contributed by atoms with E-state index in [1.807, 2.05) is 0 Å². The summed E-state index contributed by atoms with van der Waals surface area (Å²) in [4.78, 5) is 11.9. The Morgan fingerprint density at radius 2 is 1.79 bits per heavy atom. The van der Waals surface area contributed by atoms with Crippen LogP contribution < -0.4 is 5.73 Å². The van der Waals surface area contributed by atoms with E-state index in [-0.39, 0.29) is 18.6 Å². The lowest BCUT2D eigenvalue weighted by Crippen LogP contribution is -2.08. The third kappa shape index (κ3) is 3.80. The SMILES string of the molecule is Nc1ccc(CC(=O)Cc2cc(Cl)ccc2F)cc1. The highest BCUT2D eigenvalue weighted by molar-refractivity contribution is 6.30. The molecule has 0 fully saturated rings. The molecular weight excluding hydrogens is 265 g/mol. The molecule has 0 atom stereocenters. The molecule has 0 aliphatic rings. The molecule has 0 heterocycles. The largest absolute Gasteiger partial charge is 0.399 e. The molecular formula is C15H13ClFNO. The monoisotopic (exact) mass is 277 g/mol. The molecule has 0 saturated carbocycles. The minimum Gasteiger partial charge on any atom is -0.399 e. The molecule has 0 spiro atoms. The van der Waals surface area contributed by atoms with Crippen molar-refractivity contribution in [3.05, 3.63) is 64.4 Å². The number of benzene rings is 2. The number of nitrogen functional groups attached to an aromatic ring is 1. The number of ketones is 1. The zero-order chi connectivity index (χ0) is 13.8. The maximum atomic E-state index is 13.5. The lowest BCUT2D eigenvalue weighted by Gasteiger charge is -2.04. The molecule has 0 unspecified atom stereocenters. The van der Waals surface area contributed by atoms with Gasteiger partial charge in [-0.3, -0.25) is 4.79 Å². The first-order valence-corrected chi connectivity index (χ1v) is 6.22. The molecule has 0 aliphatic carbocycles. The third-order valence-electron chi connectivity index (χ3n) is 2.78. The highest BCUT2D eigenvalue weighted by Crippen LogP contribution is 2.16. The van der Waals surface area contributed by atoms with Crippen molar-refractivity contribution in [1.29, 1.82) is 0 Å². The van der Waals surface area contributed by atoms with Crippen LogP contribution in [-0.2, 0) is 17.6 Å². The Labute approximate surface area is 116 Å². The average molecular weight is 278 g/mol. The maximum absolute atomic E-state index is 13.5. The molecule has 0 bridgehead atoms. The number of halogens is 2. The van der Waals surface area contributed by atoms with Gasteiger partial charge in [0.2, 0.25) is 0 Å². The molecule has 0 saturated heterocycles. The number of hydrogen-bond donors (Lipinski definition) is 1. The Balaban J connectivity index is 2.05. The van der Waals surface area contributed by atoms with E-state index in [1.165, 1.54) is 18.2 Å². The molecule has 0 aromatic heterocycles. The quantitative estimate of drug-likeness (QED) is 0.870. The second-order valence-electron chi connectivity index (χ2n) is 4.37. The van der Waals surface area contributed by atoms with Crippen LogP contribution in [0, 0.1) is 5.82 Å². The van der Waals surface area contributed by atoms with Crippen LogP contribution in [0.15, 0.2) is 42.5 Å². The number of hydrogen-bond acceptors (Lipinski definition) is 2. The molecule has 0 aliphatic heterocycles. The van der Waals surface area contributed by atoms with E-state index in [4.69, 9.17) is 17.3 Å². The average Bonchev–Trinajstić information content (AvgIpc) is 2.37. The molecule has 98 valence electrons. The minimum atomic E-state index is -0.407. The molecule has 0 amide bonds. The highest BCUT2D eigenvalue weighted by atomic mass is 35.5. The van der Waals surface area contributed by atoms with E-state index in [1.54, 1.807) is 24.3 Å². The normalized spacial score (nSPS) is 10.4. The van der Waals surface area contributed by atoms with Crippen molar-refractivity contribution in [2.45, 2.75) is 12.8 Å². The summed E-state index contributed by atoms with van der Waals surface area (Å²) >= 11 is 5.79. The van der Waals surface area contributed by atoms with Crippen LogP contribution in [0.3, 0.4) is 0 Å². The fraction of sp³-hybridized carbons (Fsp3) is 0.133. The van der Waals surface area contributed by atoms with Crippen molar-refractivity contribution in [2.24, 2.45) is 0 Å². The number of nitrogens with two attached hydrogens (primary N) is 1. The first-order valence-electron chi connectivity index (χ1n) is 5.84. The zero-order valence-corrected chi connectivity index (χ0v) is 11.0. The maximum Gasteiger partial charge on any atom is 0.141 e. The van der Waals surface area contributed by atoms with Crippen LogP contribution >= 0.6 is 11.6 Å². The fourth-order valence-corrected chi connectivity index (χ4v) is 2.01. The van der Waals surface area contributed by atoms with E-state index in [9.17, 15) is 9.18 Å². The standard InChI is InChI=1S/C15H13ClFNO/c16-12-3-6-15(17)11(8-12)9-14(19)7-10-1-4-13(18)5-2-10/h1-6,8H,7,9,18H2. The number of carbonyl (C=O) groups excluding carboxylic acids is 1. The van der Waals surface area contributed by atoms with Crippen molar-refractivity contribution in [3.63, 3.8) is 0 Å². The van der Waals surface area contributed by atoms with Gasteiger partial charge in [-0.15, -0.1) is 0 Å². The van der Waals surface area contributed by atoms with E-state index >= 15 is 0 Å². The molecule has 2 nitrogen and oxygen atoms in total. The van der Waals surface area contributed by atoms with Gasteiger partial charge >= 0.3 is 0 Å². The number of carbonyl (C=O) groups is 1. The fourth-order valence-electron chi connectivity index (χ4n) is 1.82. The molecule has 2 aromatic rings. The lowest BCUT2D eigenvalue weighted by atomic mass is 10.0. The van der Waals surface area contributed by atoms with E-state index in [2.05, 4.69) is 0 Å². The summed E-state index contributed by atoms with van der Waals surface area (Å²) in [5.41, 5.74) is 7.41. The van der Waals surface area contributed by atoms with Gasteiger partial charge < -0.3 is 5.73 Å². The van der Waals surface area contributed by atoms with E-state index < -0.39 is 5.82 Å². The van der Waals surface area contributed by atoms with Crippen molar-refractivity contribution in [1.82, 2.24) is 0 Å². The third-order valence-corrected chi connectivity index (χ3v) is 3.01. The van der Waals surface area contributed by atoms with Crippen LogP contribution in [-0.4, -0.2) is 5.78 Å². The number of anilines is 1. The first kappa shape index (κ1) is 13.6. The summed E-state index contributed by atoms with van der Waals surface area (Å²) in [6.07, 6.45) is 0.295. The Kier molecular flexibility index (Phi) is 4.17. The molecule has 2 N–H and O–H groups in total. The predicted octanol–water partition coefficient (Wildman–Crippen LogP) is 3.42. The summed E-state index contributed by atoms with van der Waals surface area (Å²) < 4.78 is 13.5. The van der Waals surface area contributed by atoms with Crippen molar-refractivity contribution in [3.8, 4) is 0 Å². The van der Waals surface area contributed by atoms with Crippen LogP contribution in [0.5, 0.6) is 0 Å². The van der Waals surface area contributed by atoms with Gasteiger partial charge in [-0.05, 0) is 41.5 Å². The minimum absolute atomic E-state index is 0.0385. The van der Waals surface area contributed by atoms with Gasteiger partial charge in [-0.25, -0.2) is 4.39 Å². The van der Waals surface area contributed by atoms with Gasteiger partial charge in [-0.2, -0.15) is 0 Å². The summed E-state index contributed by atoms with van der Waals surface area (Å²) in [5.74, 6) is -0.471. The summed E-state index contributed by atoms with van der Waals surface area (Å²) in [7, 11) is 0. The second kappa shape index (κ2) is 5.85. The van der Waals surface area contributed by atoms with Gasteiger partial charge in [0.25, 0.3) is 0 Å². The molecule has 2 rings (SSSR count). The Hall–Kier alpha value is -1.87. The van der Waals surface area contributed by atoms with Crippen LogP contribution in [0.25, 0.3) is 0 Å². The summed E-state index contributed by atoms with van der Waals surface area (Å²) in [6.45, 7) is 0. The lowest BCUT2D eigenvalue weighted by molar-refractivity contribution is -0.117. The Morgan fingerprint density at radius 1 is 1.11 bits per heavy atom. The first-order chi connectivity index (χ1) is 9.04. The summed E-state index contributed by atoms with van der Waals surface area (Å²) in [6, 6.07) is 11.3. The van der Waals surface area contributed by atoms with Gasteiger partial charge in [0, 0.05) is 23.6 Å². The molecule has 2 aromatic carbocycles. The van der Waals surface area contributed by atoms with Crippen LogP contribution in [0.4, 0.5) is 10.1 Å². The number of Topliss-reactive ketones (excluding diaryl/α,β-unsaturated/α-hetero) is 1. The molecule has 4 heteroatoms. The smallest absolute Gasteiger partial charge is 0.141 e. The van der Waals surface area contributed by atoms with E-state index in [0.717, 1.165) is 5.56 Å². The van der Waals surface area contributed by atoms with Gasteiger partial charge in [-0.1, -0.05) is 23.7 Å². The summed E-state index contributed by atoms with van der Waals surface area (Å²) in [5, 5.41) is 0.427. The van der Waals surface area contributed by atoms with Gasteiger partial charge in [0.05, 0.1) is 0 Å². The van der Waals surface area contributed by atoms with Crippen molar-refractivity contribution >= 4 is 23.1 Å². The molecule has 19 heavy (non-hydrogen) atoms. The van der Waals surface area contributed by atoms with E-state index in [0.29, 0.717) is 16.3 Å². The van der Waals surface area contributed by atoms with Crippen LogP contribution in [0.1, 0.15) is 11.1 Å². The number of rotatable bonds is 4. The zero-order valence-electron chi connectivity index (χ0n) is 10.2.